The zero-order chi connectivity index (χ0) is 17.3. The minimum atomic E-state index is -4.21. The Morgan fingerprint density at radius 3 is 2.52 bits per heavy atom. The summed E-state index contributed by atoms with van der Waals surface area (Å²) in [6.07, 6.45) is 5.25. The van der Waals surface area contributed by atoms with Gasteiger partial charge >= 0.3 is 7.60 Å². The monoisotopic (exact) mass is 343 g/mol. The van der Waals surface area contributed by atoms with Crippen molar-refractivity contribution in [1.82, 2.24) is 0 Å². The third kappa shape index (κ3) is 8.16. The number of hydrogen-bond donors (Lipinski definition) is 3. The highest BCUT2D eigenvalue weighted by molar-refractivity contribution is 7.50. The quantitative estimate of drug-likeness (QED) is 0.445. The standard InChI is InChI=1S/C16H26NO5P/c1-3-4-5-6-7-8-16(18)17-15-11-14(22-2)10-9-13(15)12-23(19,20)21/h9-11H,3-8,12H2,1-2H3,(H,17,18)(H2,19,20,21). The maximum atomic E-state index is 12.0. The summed E-state index contributed by atoms with van der Waals surface area (Å²) in [5, 5.41) is 2.74. The Morgan fingerprint density at radius 1 is 1.22 bits per heavy atom. The Labute approximate surface area is 137 Å². The summed E-state index contributed by atoms with van der Waals surface area (Å²) in [4.78, 5) is 30.3. The highest BCUT2D eigenvalue weighted by Gasteiger charge is 2.18. The average Bonchev–Trinajstić information content (AvgIpc) is 2.47. The second-order valence-corrected chi connectivity index (χ2v) is 7.20. The van der Waals surface area contributed by atoms with E-state index in [1.54, 1.807) is 18.2 Å². The molecular weight excluding hydrogens is 317 g/mol. The van der Waals surface area contributed by atoms with Crippen LogP contribution in [0.3, 0.4) is 0 Å². The summed E-state index contributed by atoms with van der Waals surface area (Å²) in [5.41, 5.74) is 0.796. The molecule has 0 atom stereocenters. The molecule has 1 amide bonds. The van der Waals surface area contributed by atoms with Gasteiger partial charge in [-0.3, -0.25) is 9.36 Å². The first-order valence-corrected chi connectivity index (χ1v) is 9.67. The third-order valence-electron chi connectivity index (χ3n) is 3.47. The maximum absolute atomic E-state index is 12.0. The first-order valence-electron chi connectivity index (χ1n) is 7.87. The largest absolute Gasteiger partial charge is 0.497 e. The van der Waals surface area contributed by atoms with Crippen LogP contribution in [0.4, 0.5) is 5.69 Å². The summed E-state index contributed by atoms with van der Waals surface area (Å²) in [7, 11) is -2.71. The highest BCUT2D eigenvalue weighted by Crippen LogP contribution is 2.41. The maximum Gasteiger partial charge on any atom is 0.329 e. The van der Waals surface area contributed by atoms with Crippen molar-refractivity contribution in [1.29, 1.82) is 0 Å². The first-order chi connectivity index (χ1) is 10.9. The fourth-order valence-electron chi connectivity index (χ4n) is 2.26. The van der Waals surface area contributed by atoms with E-state index in [9.17, 15) is 9.36 Å². The lowest BCUT2D eigenvalue weighted by molar-refractivity contribution is -0.116. The van der Waals surface area contributed by atoms with Gasteiger partial charge in [-0.2, -0.15) is 0 Å². The van der Waals surface area contributed by atoms with Gasteiger partial charge < -0.3 is 19.8 Å². The van der Waals surface area contributed by atoms with Gasteiger partial charge in [0, 0.05) is 18.2 Å². The van der Waals surface area contributed by atoms with E-state index in [4.69, 9.17) is 14.5 Å². The number of hydrogen-bond acceptors (Lipinski definition) is 3. The molecule has 1 aromatic rings. The van der Waals surface area contributed by atoms with Gasteiger partial charge in [-0.15, -0.1) is 0 Å². The summed E-state index contributed by atoms with van der Waals surface area (Å²) in [6.45, 7) is 2.14. The van der Waals surface area contributed by atoms with Gasteiger partial charge in [-0.25, -0.2) is 0 Å². The molecule has 130 valence electrons. The van der Waals surface area contributed by atoms with Crippen LogP contribution in [0, 0.1) is 0 Å². The van der Waals surface area contributed by atoms with Gasteiger partial charge in [0.2, 0.25) is 5.91 Å². The molecule has 0 aliphatic rings. The van der Waals surface area contributed by atoms with Gasteiger partial charge in [-0.1, -0.05) is 38.7 Å². The van der Waals surface area contributed by atoms with E-state index in [1.165, 1.54) is 13.5 Å². The normalized spacial score (nSPS) is 11.3. The van der Waals surface area contributed by atoms with E-state index >= 15 is 0 Å². The molecule has 0 unspecified atom stereocenters. The van der Waals surface area contributed by atoms with Crippen LogP contribution in [-0.4, -0.2) is 22.8 Å². The van der Waals surface area contributed by atoms with Crippen LogP contribution in [0.25, 0.3) is 0 Å². The van der Waals surface area contributed by atoms with Crippen molar-refractivity contribution in [2.24, 2.45) is 0 Å². The number of anilines is 1. The lowest BCUT2D eigenvalue weighted by Crippen LogP contribution is -2.13. The van der Waals surface area contributed by atoms with E-state index < -0.39 is 13.8 Å². The molecule has 23 heavy (non-hydrogen) atoms. The molecule has 1 rings (SSSR count). The molecule has 0 fully saturated rings. The molecule has 0 heterocycles. The fraction of sp³-hybridized carbons (Fsp3) is 0.562. The van der Waals surface area contributed by atoms with Gasteiger partial charge in [0.05, 0.1) is 13.3 Å². The van der Waals surface area contributed by atoms with Gasteiger partial charge in [0.1, 0.15) is 5.75 Å². The Hall–Kier alpha value is -1.36. The van der Waals surface area contributed by atoms with E-state index in [2.05, 4.69) is 12.2 Å². The zero-order valence-corrected chi connectivity index (χ0v) is 14.6. The first kappa shape index (κ1) is 19.7. The molecule has 0 radical (unpaired) electrons. The number of ether oxygens (including phenoxy) is 1. The SMILES string of the molecule is CCCCCCCC(=O)Nc1cc(OC)ccc1CP(=O)(O)O. The van der Waals surface area contributed by atoms with Crippen LogP contribution in [0.15, 0.2) is 18.2 Å². The number of benzene rings is 1. The summed E-state index contributed by atoms with van der Waals surface area (Å²) in [6, 6.07) is 4.76. The van der Waals surface area contributed by atoms with Crippen LogP contribution < -0.4 is 10.1 Å². The Bertz CT molecular complexity index is 555. The van der Waals surface area contributed by atoms with Crippen molar-refractivity contribution in [3.8, 4) is 5.75 Å². The second-order valence-electron chi connectivity index (χ2n) is 5.56. The summed E-state index contributed by atoms with van der Waals surface area (Å²) in [5.74, 6) is 0.374. The van der Waals surface area contributed by atoms with Crippen molar-refractivity contribution in [2.75, 3.05) is 12.4 Å². The number of amides is 1. The van der Waals surface area contributed by atoms with Crippen molar-refractivity contribution < 1.29 is 23.9 Å². The molecule has 0 spiro atoms. The van der Waals surface area contributed by atoms with Crippen molar-refractivity contribution in [2.45, 2.75) is 51.6 Å². The van der Waals surface area contributed by atoms with Crippen molar-refractivity contribution >= 4 is 19.2 Å². The molecule has 7 heteroatoms. The zero-order valence-electron chi connectivity index (χ0n) is 13.7. The minimum Gasteiger partial charge on any atom is -0.497 e. The number of methoxy groups -OCH3 is 1. The second kappa shape index (κ2) is 9.71. The van der Waals surface area contributed by atoms with Crippen LogP contribution in [0.5, 0.6) is 5.75 Å². The lowest BCUT2D eigenvalue weighted by Gasteiger charge is -2.13. The number of carbonyl (C=O) groups excluding carboxylic acids is 1. The van der Waals surface area contributed by atoms with E-state index in [0.29, 0.717) is 23.4 Å². The average molecular weight is 343 g/mol. The minimum absolute atomic E-state index is 0.151. The number of unbranched alkanes of at least 4 members (excludes halogenated alkanes) is 4. The molecule has 0 aromatic heterocycles. The summed E-state index contributed by atoms with van der Waals surface area (Å²) >= 11 is 0. The van der Waals surface area contributed by atoms with Crippen molar-refractivity contribution in [3.05, 3.63) is 23.8 Å². The molecule has 0 aliphatic carbocycles. The molecular formula is C16H26NO5P. The lowest BCUT2D eigenvalue weighted by atomic mass is 10.1. The summed E-state index contributed by atoms with van der Waals surface area (Å²) < 4.78 is 16.3. The van der Waals surface area contributed by atoms with Crippen molar-refractivity contribution in [3.63, 3.8) is 0 Å². The molecule has 0 bridgehead atoms. The predicted molar refractivity (Wildman–Crippen MR) is 90.7 cm³/mol. The smallest absolute Gasteiger partial charge is 0.329 e. The van der Waals surface area contributed by atoms with Crippen LogP contribution in [-0.2, 0) is 15.5 Å². The molecule has 0 saturated carbocycles. The van der Waals surface area contributed by atoms with E-state index in [1.807, 2.05) is 0 Å². The Balaban J connectivity index is 2.68. The van der Waals surface area contributed by atoms with Crippen LogP contribution in [0.2, 0.25) is 0 Å². The van der Waals surface area contributed by atoms with Gasteiger partial charge in [0.25, 0.3) is 0 Å². The third-order valence-corrected chi connectivity index (χ3v) is 4.23. The molecule has 0 saturated heterocycles. The number of rotatable bonds is 10. The van der Waals surface area contributed by atoms with E-state index in [0.717, 1.165) is 25.7 Å². The van der Waals surface area contributed by atoms with Crippen LogP contribution >= 0.6 is 7.60 Å². The Morgan fingerprint density at radius 2 is 1.91 bits per heavy atom. The predicted octanol–water partition coefficient (Wildman–Crippen LogP) is 3.67. The Kier molecular flexibility index (Phi) is 8.31. The van der Waals surface area contributed by atoms with E-state index in [-0.39, 0.29) is 5.91 Å². The number of nitrogens with one attached hydrogen (secondary N) is 1. The molecule has 6 nitrogen and oxygen atoms in total. The topological polar surface area (TPSA) is 95.9 Å². The fourth-order valence-corrected chi connectivity index (χ4v) is 2.98. The molecule has 1 aromatic carbocycles. The molecule has 0 aliphatic heterocycles. The van der Waals surface area contributed by atoms with Crippen LogP contribution in [0.1, 0.15) is 51.0 Å². The van der Waals surface area contributed by atoms with Gasteiger partial charge in [-0.05, 0) is 18.1 Å². The highest BCUT2D eigenvalue weighted by atomic mass is 31.2. The number of carbonyl (C=O) groups is 1. The molecule has 3 N–H and O–H groups in total. The van der Waals surface area contributed by atoms with Gasteiger partial charge in [0.15, 0.2) is 0 Å².